The Balaban J connectivity index is 0.00000338. The maximum Gasteiger partial charge on any atom is 0.195 e. The van der Waals surface area contributed by atoms with E-state index in [2.05, 4.69) is 15.6 Å². The molecule has 0 saturated carbocycles. The first-order valence-electron chi connectivity index (χ1n) is 7.49. The summed E-state index contributed by atoms with van der Waals surface area (Å²) in [5, 5.41) is 15.0. The van der Waals surface area contributed by atoms with E-state index in [-0.39, 0.29) is 36.3 Å². The lowest BCUT2D eigenvalue weighted by molar-refractivity contribution is 0.355. The molecule has 0 fully saturated rings. The second kappa shape index (κ2) is 10.5. The number of rotatable bonds is 5. The number of anilines is 1. The molecule has 26 heavy (non-hydrogen) atoms. The highest BCUT2D eigenvalue weighted by molar-refractivity contribution is 14.0. The minimum Gasteiger partial charge on any atom is -0.493 e. The van der Waals surface area contributed by atoms with Crippen molar-refractivity contribution in [1.29, 1.82) is 5.26 Å². The quantitative estimate of drug-likeness (QED) is 0.397. The van der Waals surface area contributed by atoms with Crippen LogP contribution in [0.15, 0.2) is 41.4 Å². The van der Waals surface area contributed by atoms with Crippen LogP contribution in [0.1, 0.15) is 11.1 Å². The van der Waals surface area contributed by atoms with E-state index in [1.807, 2.05) is 12.1 Å². The molecule has 138 valence electrons. The Kier molecular flexibility index (Phi) is 8.64. The molecule has 0 atom stereocenters. The molecule has 0 aliphatic rings. The fraction of sp³-hybridized carbons (Fsp3) is 0.222. The van der Waals surface area contributed by atoms with Gasteiger partial charge < -0.3 is 20.1 Å². The van der Waals surface area contributed by atoms with Crippen molar-refractivity contribution in [1.82, 2.24) is 5.32 Å². The molecule has 8 heteroatoms. The Labute approximate surface area is 169 Å². The molecule has 6 nitrogen and oxygen atoms in total. The maximum atomic E-state index is 13.8. The molecular weight excluding hydrogens is 450 g/mol. The summed E-state index contributed by atoms with van der Waals surface area (Å²) >= 11 is 0. The second-order valence-electron chi connectivity index (χ2n) is 5.04. The van der Waals surface area contributed by atoms with Crippen molar-refractivity contribution in [3.05, 3.63) is 53.3 Å². The molecule has 0 amide bonds. The van der Waals surface area contributed by atoms with Gasteiger partial charge in [0.15, 0.2) is 17.5 Å². The molecule has 0 heterocycles. The van der Waals surface area contributed by atoms with Crippen LogP contribution in [-0.2, 0) is 6.54 Å². The molecule has 0 bridgehead atoms. The summed E-state index contributed by atoms with van der Waals surface area (Å²) in [5.41, 5.74) is 1.52. The molecule has 2 N–H and O–H groups in total. The van der Waals surface area contributed by atoms with Gasteiger partial charge in [-0.25, -0.2) is 4.39 Å². The molecule has 2 aromatic rings. The SMILES string of the molecule is CN=C(NCc1cc(C#N)ccc1F)Nc1ccc(OC)c(OC)c1.I. The van der Waals surface area contributed by atoms with E-state index in [1.165, 1.54) is 18.2 Å². The van der Waals surface area contributed by atoms with E-state index < -0.39 is 0 Å². The van der Waals surface area contributed by atoms with Crippen LogP contribution in [0.5, 0.6) is 11.5 Å². The number of nitrogens with zero attached hydrogens (tertiary/aromatic N) is 2. The van der Waals surface area contributed by atoms with Crippen LogP contribution in [-0.4, -0.2) is 27.2 Å². The van der Waals surface area contributed by atoms with Gasteiger partial charge >= 0.3 is 0 Å². The van der Waals surface area contributed by atoms with Crippen LogP contribution in [0.4, 0.5) is 10.1 Å². The average Bonchev–Trinajstić information content (AvgIpc) is 2.65. The van der Waals surface area contributed by atoms with Gasteiger partial charge in [0.1, 0.15) is 5.82 Å². The third-order valence-corrected chi connectivity index (χ3v) is 3.49. The summed E-state index contributed by atoms with van der Waals surface area (Å²) < 4.78 is 24.3. The molecule has 0 aromatic heterocycles. The van der Waals surface area contributed by atoms with E-state index in [1.54, 1.807) is 33.4 Å². The lowest BCUT2D eigenvalue weighted by Crippen LogP contribution is -2.30. The summed E-state index contributed by atoms with van der Waals surface area (Å²) in [7, 11) is 4.73. The highest BCUT2D eigenvalue weighted by Gasteiger charge is 2.08. The zero-order chi connectivity index (χ0) is 18.2. The zero-order valence-electron chi connectivity index (χ0n) is 14.7. The normalized spacial score (nSPS) is 10.3. The van der Waals surface area contributed by atoms with Crippen molar-refractivity contribution in [2.75, 3.05) is 26.6 Å². The Morgan fingerprint density at radius 3 is 2.50 bits per heavy atom. The van der Waals surface area contributed by atoms with Crippen molar-refractivity contribution in [3.63, 3.8) is 0 Å². The predicted molar refractivity (Wildman–Crippen MR) is 110 cm³/mol. The topological polar surface area (TPSA) is 78.7 Å². The fourth-order valence-corrected chi connectivity index (χ4v) is 2.19. The first-order chi connectivity index (χ1) is 12.1. The Bertz CT molecular complexity index is 821. The summed E-state index contributed by atoms with van der Waals surface area (Å²) in [4.78, 5) is 4.10. The van der Waals surface area contributed by atoms with Gasteiger partial charge in [0, 0.05) is 30.9 Å². The molecule has 0 radical (unpaired) electrons. The third kappa shape index (κ3) is 5.49. The number of hydrogen-bond donors (Lipinski definition) is 2. The number of benzene rings is 2. The first-order valence-corrected chi connectivity index (χ1v) is 7.49. The molecule has 0 unspecified atom stereocenters. The van der Waals surface area contributed by atoms with Crippen LogP contribution in [0.2, 0.25) is 0 Å². The molecule has 0 aliphatic heterocycles. The van der Waals surface area contributed by atoms with Crippen molar-refractivity contribution in [2.24, 2.45) is 4.99 Å². The van der Waals surface area contributed by atoms with Crippen LogP contribution in [0, 0.1) is 17.1 Å². The number of hydrogen-bond acceptors (Lipinski definition) is 4. The lowest BCUT2D eigenvalue weighted by atomic mass is 10.1. The van der Waals surface area contributed by atoms with Crippen molar-refractivity contribution < 1.29 is 13.9 Å². The van der Waals surface area contributed by atoms with Gasteiger partial charge in [0.2, 0.25) is 0 Å². The van der Waals surface area contributed by atoms with Crippen LogP contribution in [0.3, 0.4) is 0 Å². The monoisotopic (exact) mass is 470 g/mol. The van der Waals surface area contributed by atoms with Crippen molar-refractivity contribution in [3.8, 4) is 17.6 Å². The molecule has 2 rings (SSSR count). The maximum absolute atomic E-state index is 13.8. The Morgan fingerprint density at radius 1 is 1.15 bits per heavy atom. The molecule has 0 aliphatic carbocycles. The highest BCUT2D eigenvalue weighted by atomic mass is 127. The van der Waals surface area contributed by atoms with Gasteiger partial charge in [-0.2, -0.15) is 5.26 Å². The molecular formula is C18H20FIN4O2. The number of halogens is 2. The van der Waals surface area contributed by atoms with Crippen LogP contribution < -0.4 is 20.1 Å². The number of methoxy groups -OCH3 is 2. The minimum atomic E-state index is -0.381. The summed E-state index contributed by atoms with van der Waals surface area (Å²) in [6, 6.07) is 11.6. The standard InChI is InChI=1S/C18H19FN4O2.HI/c1-21-18(22-11-13-8-12(10-20)4-6-15(13)19)23-14-5-7-16(24-2)17(9-14)25-3;/h4-9H,11H2,1-3H3,(H2,21,22,23);1H. The largest absolute Gasteiger partial charge is 0.493 e. The minimum absolute atomic E-state index is 0. The van der Waals surface area contributed by atoms with Crippen molar-refractivity contribution >= 4 is 35.6 Å². The smallest absolute Gasteiger partial charge is 0.195 e. The lowest BCUT2D eigenvalue weighted by Gasteiger charge is -2.14. The predicted octanol–water partition coefficient (Wildman–Crippen LogP) is 3.52. The van der Waals surface area contributed by atoms with Crippen molar-refractivity contribution in [2.45, 2.75) is 6.54 Å². The number of guanidine groups is 1. The van der Waals surface area contributed by atoms with E-state index in [4.69, 9.17) is 14.7 Å². The van der Waals surface area contributed by atoms with Crippen LogP contribution in [0.25, 0.3) is 0 Å². The fourth-order valence-electron chi connectivity index (χ4n) is 2.19. The van der Waals surface area contributed by atoms with Gasteiger partial charge in [-0.15, -0.1) is 24.0 Å². The first kappa shape index (κ1) is 21.5. The highest BCUT2D eigenvalue weighted by Crippen LogP contribution is 2.29. The van der Waals surface area contributed by atoms with Gasteiger partial charge in [-0.05, 0) is 30.3 Å². The summed E-state index contributed by atoms with van der Waals surface area (Å²) in [6.07, 6.45) is 0. The third-order valence-electron chi connectivity index (χ3n) is 3.49. The van der Waals surface area contributed by atoms with E-state index >= 15 is 0 Å². The Hall–Kier alpha value is -2.54. The molecule has 2 aromatic carbocycles. The number of nitrogens with one attached hydrogen (secondary N) is 2. The molecule has 0 spiro atoms. The number of aliphatic imine (C=N–C) groups is 1. The van der Waals surface area contributed by atoms with Gasteiger partial charge in [0.25, 0.3) is 0 Å². The summed E-state index contributed by atoms with van der Waals surface area (Å²) in [5.74, 6) is 1.27. The van der Waals surface area contributed by atoms with Gasteiger partial charge in [-0.3, -0.25) is 4.99 Å². The summed E-state index contributed by atoms with van der Waals surface area (Å²) in [6.45, 7) is 0.189. The number of ether oxygens (including phenoxy) is 2. The average molecular weight is 470 g/mol. The van der Waals surface area contributed by atoms with Gasteiger partial charge in [0.05, 0.1) is 25.9 Å². The zero-order valence-corrected chi connectivity index (χ0v) is 17.0. The Morgan fingerprint density at radius 2 is 1.88 bits per heavy atom. The van der Waals surface area contributed by atoms with E-state index in [9.17, 15) is 4.39 Å². The second-order valence-corrected chi connectivity index (χ2v) is 5.04. The van der Waals surface area contributed by atoms with Crippen LogP contribution >= 0.6 is 24.0 Å². The van der Waals surface area contributed by atoms with E-state index in [0.717, 1.165) is 5.69 Å². The van der Waals surface area contributed by atoms with E-state index in [0.29, 0.717) is 28.6 Å². The molecule has 0 saturated heterocycles. The number of nitriles is 1. The van der Waals surface area contributed by atoms with Gasteiger partial charge in [-0.1, -0.05) is 0 Å².